The minimum Gasteiger partial charge on any atom is -0.468 e. The van der Waals surface area contributed by atoms with Gasteiger partial charge in [-0.3, -0.25) is 4.79 Å². The number of methoxy groups -OCH3 is 1. The molecule has 0 aliphatic heterocycles. The van der Waals surface area contributed by atoms with E-state index in [9.17, 15) is 4.79 Å². The first-order valence-corrected chi connectivity index (χ1v) is 5.97. The Kier molecular flexibility index (Phi) is 6.60. The molecule has 0 saturated heterocycles. The average Bonchev–Trinajstić information content (AvgIpc) is 2.26. The molecule has 0 saturated carbocycles. The molecule has 0 fully saturated rings. The van der Waals surface area contributed by atoms with Gasteiger partial charge in [0.25, 0.3) is 0 Å². The molecule has 0 aliphatic carbocycles. The molecule has 0 aromatic rings. The fraction of sp³-hybridized carbons (Fsp3) is 0.917. The third-order valence-corrected chi connectivity index (χ3v) is 2.92. The summed E-state index contributed by atoms with van der Waals surface area (Å²) in [6.07, 6.45) is 1.13. The number of nitrogens with two attached hydrogens (primary N) is 1. The minimum absolute atomic E-state index is 0.352. The zero-order valence-electron chi connectivity index (χ0n) is 11.2. The van der Waals surface area contributed by atoms with Gasteiger partial charge in [-0.15, -0.1) is 0 Å². The summed E-state index contributed by atoms with van der Waals surface area (Å²) in [5, 5.41) is 0. The SMILES string of the molecule is CCC(C)CN(CC)CC(C)(N)C(=O)OC. The highest BCUT2D eigenvalue weighted by atomic mass is 16.5. The van der Waals surface area contributed by atoms with Crippen LogP contribution in [0.2, 0.25) is 0 Å². The van der Waals surface area contributed by atoms with Crippen molar-refractivity contribution in [1.29, 1.82) is 0 Å². The van der Waals surface area contributed by atoms with Gasteiger partial charge in [0, 0.05) is 13.1 Å². The van der Waals surface area contributed by atoms with E-state index in [1.807, 2.05) is 0 Å². The van der Waals surface area contributed by atoms with Gasteiger partial charge in [0.2, 0.25) is 0 Å². The van der Waals surface area contributed by atoms with Gasteiger partial charge in [0.1, 0.15) is 5.54 Å². The molecule has 16 heavy (non-hydrogen) atoms. The van der Waals surface area contributed by atoms with Crippen LogP contribution in [0.5, 0.6) is 0 Å². The summed E-state index contributed by atoms with van der Waals surface area (Å²) in [4.78, 5) is 13.7. The average molecular weight is 230 g/mol. The molecule has 0 amide bonds. The summed E-state index contributed by atoms with van der Waals surface area (Å²) in [6.45, 7) is 10.6. The van der Waals surface area contributed by atoms with Crippen molar-refractivity contribution in [2.75, 3.05) is 26.7 Å². The zero-order valence-corrected chi connectivity index (χ0v) is 11.2. The third-order valence-electron chi connectivity index (χ3n) is 2.92. The highest BCUT2D eigenvalue weighted by Crippen LogP contribution is 2.09. The fourth-order valence-corrected chi connectivity index (χ4v) is 1.64. The fourth-order valence-electron chi connectivity index (χ4n) is 1.64. The molecular weight excluding hydrogens is 204 g/mol. The van der Waals surface area contributed by atoms with Crippen LogP contribution in [-0.4, -0.2) is 43.2 Å². The highest BCUT2D eigenvalue weighted by Gasteiger charge is 2.31. The number of rotatable bonds is 7. The number of hydrogen-bond donors (Lipinski definition) is 1. The van der Waals surface area contributed by atoms with Crippen LogP contribution in [0.1, 0.15) is 34.1 Å². The molecule has 0 heterocycles. The van der Waals surface area contributed by atoms with Crippen LogP contribution in [0.3, 0.4) is 0 Å². The second kappa shape index (κ2) is 6.86. The molecule has 2 atom stereocenters. The number of carbonyl (C=O) groups excluding carboxylic acids is 1. The summed E-state index contributed by atoms with van der Waals surface area (Å²) in [5.41, 5.74) is 5.03. The quantitative estimate of drug-likeness (QED) is 0.669. The summed E-state index contributed by atoms with van der Waals surface area (Å²) in [5.74, 6) is 0.267. The lowest BCUT2D eigenvalue weighted by Gasteiger charge is -2.31. The molecular formula is C12H26N2O2. The maximum absolute atomic E-state index is 11.5. The number of likely N-dealkylation sites (N-methyl/N-ethyl adjacent to an activating group) is 1. The van der Waals surface area contributed by atoms with Crippen molar-refractivity contribution in [3.8, 4) is 0 Å². The second-order valence-corrected chi connectivity index (χ2v) is 4.75. The monoisotopic (exact) mass is 230 g/mol. The van der Waals surface area contributed by atoms with Crippen LogP contribution in [-0.2, 0) is 9.53 Å². The number of hydrogen-bond acceptors (Lipinski definition) is 4. The first kappa shape index (κ1) is 15.4. The molecule has 2 N–H and O–H groups in total. The molecule has 96 valence electrons. The van der Waals surface area contributed by atoms with E-state index < -0.39 is 5.54 Å². The van der Waals surface area contributed by atoms with E-state index in [-0.39, 0.29) is 5.97 Å². The van der Waals surface area contributed by atoms with Crippen molar-refractivity contribution in [1.82, 2.24) is 4.90 Å². The summed E-state index contributed by atoms with van der Waals surface area (Å²) >= 11 is 0. The van der Waals surface area contributed by atoms with Crippen LogP contribution < -0.4 is 5.73 Å². The summed E-state index contributed by atoms with van der Waals surface area (Å²) in [6, 6.07) is 0. The molecule has 0 bridgehead atoms. The lowest BCUT2D eigenvalue weighted by molar-refractivity contribution is -0.147. The van der Waals surface area contributed by atoms with E-state index in [1.54, 1.807) is 6.92 Å². The van der Waals surface area contributed by atoms with Crippen molar-refractivity contribution in [2.45, 2.75) is 39.7 Å². The van der Waals surface area contributed by atoms with Crippen LogP contribution in [0, 0.1) is 5.92 Å². The van der Waals surface area contributed by atoms with Crippen LogP contribution in [0.25, 0.3) is 0 Å². The van der Waals surface area contributed by atoms with E-state index in [2.05, 4.69) is 25.7 Å². The van der Waals surface area contributed by atoms with Gasteiger partial charge in [0.15, 0.2) is 0 Å². The molecule has 4 heteroatoms. The topological polar surface area (TPSA) is 55.6 Å². The predicted molar refractivity (Wildman–Crippen MR) is 66.2 cm³/mol. The van der Waals surface area contributed by atoms with E-state index in [0.717, 1.165) is 19.5 Å². The van der Waals surface area contributed by atoms with Crippen molar-refractivity contribution >= 4 is 5.97 Å². The van der Waals surface area contributed by atoms with Crippen molar-refractivity contribution < 1.29 is 9.53 Å². The van der Waals surface area contributed by atoms with Crippen LogP contribution >= 0.6 is 0 Å². The maximum Gasteiger partial charge on any atom is 0.326 e. The first-order valence-electron chi connectivity index (χ1n) is 5.97. The van der Waals surface area contributed by atoms with Crippen molar-refractivity contribution in [3.63, 3.8) is 0 Å². The van der Waals surface area contributed by atoms with E-state index >= 15 is 0 Å². The van der Waals surface area contributed by atoms with Gasteiger partial charge < -0.3 is 15.4 Å². The molecule has 2 unspecified atom stereocenters. The van der Waals surface area contributed by atoms with Crippen LogP contribution in [0.4, 0.5) is 0 Å². The Morgan fingerprint density at radius 1 is 1.50 bits per heavy atom. The van der Waals surface area contributed by atoms with Gasteiger partial charge >= 0.3 is 5.97 Å². The number of ether oxygens (including phenoxy) is 1. The Balaban J connectivity index is 4.35. The Hall–Kier alpha value is -0.610. The Labute approximate surface area is 99.1 Å². The smallest absolute Gasteiger partial charge is 0.326 e. The first-order chi connectivity index (χ1) is 7.37. The molecule has 0 spiro atoms. The predicted octanol–water partition coefficient (Wildman–Crippen LogP) is 1.24. The third kappa shape index (κ3) is 4.94. The van der Waals surface area contributed by atoms with Gasteiger partial charge in [-0.1, -0.05) is 27.2 Å². The van der Waals surface area contributed by atoms with Crippen molar-refractivity contribution in [3.05, 3.63) is 0 Å². The number of esters is 1. The van der Waals surface area contributed by atoms with Crippen molar-refractivity contribution in [2.24, 2.45) is 11.7 Å². The molecule has 0 aromatic carbocycles. The van der Waals surface area contributed by atoms with E-state index in [0.29, 0.717) is 12.5 Å². The number of carbonyl (C=O) groups is 1. The standard InChI is InChI=1S/C12H26N2O2/c1-6-10(3)8-14(7-2)9-12(4,13)11(15)16-5/h10H,6-9,13H2,1-5H3. The molecule has 0 rings (SSSR count). The Morgan fingerprint density at radius 3 is 2.44 bits per heavy atom. The highest BCUT2D eigenvalue weighted by molar-refractivity contribution is 5.80. The lowest BCUT2D eigenvalue weighted by Crippen LogP contribution is -2.54. The Morgan fingerprint density at radius 2 is 2.06 bits per heavy atom. The van der Waals surface area contributed by atoms with Gasteiger partial charge in [0.05, 0.1) is 7.11 Å². The minimum atomic E-state index is -0.918. The van der Waals surface area contributed by atoms with E-state index in [1.165, 1.54) is 7.11 Å². The Bertz CT molecular complexity index is 217. The summed E-state index contributed by atoms with van der Waals surface area (Å²) < 4.78 is 4.70. The lowest BCUT2D eigenvalue weighted by atomic mass is 10.0. The van der Waals surface area contributed by atoms with Gasteiger partial charge in [-0.2, -0.15) is 0 Å². The summed E-state index contributed by atoms with van der Waals surface area (Å²) in [7, 11) is 1.37. The van der Waals surface area contributed by atoms with Crippen LogP contribution in [0.15, 0.2) is 0 Å². The molecule has 4 nitrogen and oxygen atoms in total. The second-order valence-electron chi connectivity index (χ2n) is 4.75. The zero-order chi connectivity index (χ0) is 12.8. The number of nitrogens with zero attached hydrogens (tertiary/aromatic N) is 1. The van der Waals surface area contributed by atoms with E-state index in [4.69, 9.17) is 10.5 Å². The normalized spacial score (nSPS) is 16.9. The van der Waals surface area contributed by atoms with Gasteiger partial charge in [-0.25, -0.2) is 0 Å². The van der Waals surface area contributed by atoms with Gasteiger partial charge in [-0.05, 0) is 19.4 Å². The maximum atomic E-state index is 11.5. The largest absolute Gasteiger partial charge is 0.468 e. The molecule has 0 aliphatic rings. The molecule has 0 aromatic heterocycles. The molecule has 0 radical (unpaired) electrons.